The number of rotatable bonds is 11. The van der Waals surface area contributed by atoms with E-state index in [0.717, 1.165) is 19.2 Å². The van der Waals surface area contributed by atoms with Crippen LogP contribution >= 0.6 is 11.6 Å². The van der Waals surface area contributed by atoms with E-state index in [2.05, 4.69) is 27.1 Å². The summed E-state index contributed by atoms with van der Waals surface area (Å²) in [5.41, 5.74) is 6.08. The predicted octanol–water partition coefficient (Wildman–Crippen LogP) is 7.23. The molecule has 274 valence electrons. The van der Waals surface area contributed by atoms with Crippen molar-refractivity contribution in [2.24, 2.45) is 16.1 Å². The van der Waals surface area contributed by atoms with Gasteiger partial charge in [0, 0.05) is 22.9 Å². The molecule has 3 heterocycles. The minimum absolute atomic E-state index is 0.102. The van der Waals surface area contributed by atoms with Gasteiger partial charge in [0.2, 0.25) is 5.96 Å². The highest BCUT2D eigenvalue weighted by atomic mass is 35.5. The minimum atomic E-state index is -2.94. The van der Waals surface area contributed by atoms with E-state index >= 15 is 4.79 Å². The number of carbonyl (C=O) groups is 2. The summed E-state index contributed by atoms with van der Waals surface area (Å²) >= 11 is 6.48. The molecule has 12 nitrogen and oxygen atoms in total. The largest absolute Gasteiger partial charge is 0.447 e. The molecule has 6 rings (SSSR count). The lowest BCUT2D eigenvalue weighted by molar-refractivity contribution is -0.133. The van der Waals surface area contributed by atoms with E-state index in [1.807, 2.05) is 27.7 Å². The number of ether oxygens (including phenoxy) is 1. The van der Waals surface area contributed by atoms with Gasteiger partial charge in [0.25, 0.3) is 5.91 Å². The zero-order valence-corrected chi connectivity index (χ0v) is 29.4. The number of nitrogens with one attached hydrogen (secondary N) is 1. The number of hydrogen-bond acceptors (Lipinski definition) is 8. The van der Waals surface area contributed by atoms with Gasteiger partial charge < -0.3 is 15.8 Å². The third-order valence-electron chi connectivity index (χ3n) is 9.25. The van der Waals surface area contributed by atoms with Gasteiger partial charge in [0.05, 0.1) is 17.3 Å². The standard InChI is InChI=1S/C35H36ClF4N9O3/c1-19(33(2,3)4)35(23-9-6-20(7-10-23)22-15-43-47(16-22)29(37)38)28(50)49(31(41)44-35)26(17-52-32(51)45-34(5)12-13-34)21-8-11-25(36)24(14-21)27-42-18-48(46-27)30(39)40/h6-11,14-16,18,26,29-30H,1,12-13,17H2,2-5H3,(H2,41,44)(H,45,51)/t26-,35-/m1/s1. The van der Waals surface area contributed by atoms with Gasteiger partial charge >= 0.3 is 19.2 Å². The van der Waals surface area contributed by atoms with Crippen LogP contribution in [0, 0.1) is 5.41 Å². The zero-order valence-electron chi connectivity index (χ0n) is 28.7. The lowest BCUT2D eigenvalue weighted by Gasteiger charge is -2.37. The van der Waals surface area contributed by atoms with Gasteiger partial charge in [-0.1, -0.05) is 69.3 Å². The molecule has 0 unspecified atom stereocenters. The monoisotopic (exact) mass is 741 g/mol. The molecule has 0 saturated heterocycles. The summed E-state index contributed by atoms with van der Waals surface area (Å²) in [4.78, 5) is 37.9. The van der Waals surface area contributed by atoms with Crippen LogP contribution in [-0.4, -0.2) is 59.6 Å². The summed E-state index contributed by atoms with van der Waals surface area (Å²) in [6.07, 6.45) is 4.22. The van der Waals surface area contributed by atoms with Crippen LogP contribution in [0.2, 0.25) is 5.02 Å². The lowest BCUT2D eigenvalue weighted by Crippen LogP contribution is -2.48. The van der Waals surface area contributed by atoms with E-state index in [1.165, 1.54) is 29.4 Å². The summed E-state index contributed by atoms with van der Waals surface area (Å²) in [5.74, 6) is -0.921. The van der Waals surface area contributed by atoms with E-state index in [4.69, 9.17) is 27.1 Å². The predicted molar refractivity (Wildman–Crippen MR) is 184 cm³/mol. The number of carbonyl (C=O) groups excluding carboxylic acids is 2. The molecule has 2 aromatic carbocycles. The van der Waals surface area contributed by atoms with Crippen molar-refractivity contribution in [3.05, 3.63) is 89.5 Å². The third-order valence-corrected chi connectivity index (χ3v) is 9.58. The Labute approximate surface area is 301 Å². The zero-order chi connectivity index (χ0) is 37.7. The Morgan fingerprint density at radius 2 is 1.75 bits per heavy atom. The normalized spacial score (nSPS) is 18.9. The molecule has 0 spiro atoms. The van der Waals surface area contributed by atoms with Gasteiger partial charge in [-0.15, -0.1) is 5.10 Å². The smallest absolute Gasteiger partial charge is 0.407 e. The number of hydrogen-bond donors (Lipinski definition) is 2. The molecule has 2 atom stereocenters. The number of alkyl halides is 4. The summed E-state index contributed by atoms with van der Waals surface area (Å²) in [5, 5.41) is 10.5. The fourth-order valence-electron chi connectivity index (χ4n) is 5.94. The molecule has 2 aliphatic rings. The Hall–Kier alpha value is -5.25. The molecule has 1 aliphatic carbocycles. The van der Waals surface area contributed by atoms with Gasteiger partial charge in [-0.25, -0.2) is 19.5 Å². The maximum absolute atomic E-state index is 15.0. The first-order valence-corrected chi connectivity index (χ1v) is 16.6. The lowest BCUT2D eigenvalue weighted by atomic mass is 9.71. The molecule has 0 bridgehead atoms. The van der Waals surface area contributed by atoms with E-state index in [9.17, 15) is 22.4 Å². The van der Waals surface area contributed by atoms with E-state index in [-0.39, 0.29) is 22.4 Å². The second kappa shape index (κ2) is 13.4. The first kappa shape index (κ1) is 36.5. The average molecular weight is 742 g/mol. The van der Waals surface area contributed by atoms with Gasteiger partial charge in [-0.2, -0.15) is 27.3 Å². The van der Waals surface area contributed by atoms with Crippen molar-refractivity contribution in [3.63, 3.8) is 0 Å². The van der Waals surface area contributed by atoms with Crippen LogP contribution in [-0.2, 0) is 15.1 Å². The molecule has 1 aliphatic heterocycles. The van der Waals surface area contributed by atoms with Crippen LogP contribution in [0.4, 0.5) is 22.4 Å². The molecule has 17 heteroatoms. The summed E-state index contributed by atoms with van der Waals surface area (Å²) in [7, 11) is 0. The van der Waals surface area contributed by atoms with Crippen LogP contribution in [0.5, 0.6) is 0 Å². The minimum Gasteiger partial charge on any atom is -0.447 e. The van der Waals surface area contributed by atoms with Gasteiger partial charge in [0.1, 0.15) is 12.9 Å². The highest BCUT2D eigenvalue weighted by Gasteiger charge is 2.55. The van der Waals surface area contributed by atoms with Crippen molar-refractivity contribution in [2.45, 2.75) is 70.8 Å². The van der Waals surface area contributed by atoms with Gasteiger partial charge in [-0.05, 0) is 59.6 Å². The number of benzene rings is 2. The third kappa shape index (κ3) is 6.86. The molecular weight excluding hydrogens is 706 g/mol. The molecule has 2 amide bonds. The van der Waals surface area contributed by atoms with E-state index in [1.54, 1.807) is 30.3 Å². The molecule has 2 aromatic heterocycles. The Kier molecular flexibility index (Phi) is 9.40. The number of nitrogens with zero attached hydrogens (tertiary/aromatic N) is 7. The number of aromatic nitrogens is 5. The Morgan fingerprint density at radius 1 is 1.08 bits per heavy atom. The fourth-order valence-corrected chi connectivity index (χ4v) is 6.14. The van der Waals surface area contributed by atoms with Crippen molar-refractivity contribution in [3.8, 4) is 22.5 Å². The number of alkyl carbamates (subject to hydrolysis) is 1. The second-order valence-electron chi connectivity index (χ2n) is 14.0. The maximum atomic E-state index is 15.0. The molecule has 1 saturated carbocycles. The van der Waals surface area contributed by atoms with Gasteiger partial charge in [0.15, 0.2) is 11.4 Å². The molecule has 1 fully saturated rings. The van der Waals surface area contributed by atoms with Crippen molar-refractivity contribution >= 4 is 29.6 Å². The number of nitrogens with two attached hydrogens (primary N) is 1. The van der Waals surface area contributed by atoms with E-state index in [0.29, 0.717) is 37.2 Å². The van der Waals surface area contributed by atoms with Crippen molar-refractivity contribution in [1.29, 1.82) is 0 Å². The Bertz CT molecular complexity index is 2050. The molecule has 52 heavy (non-hydrogen) atoms. The molecule has 0 radical (unpaired) electrons. The number of aliphatic imine (C=N–C) groups is 1. The van der Waals surface area contributed by atoms with Crippen LogP contribution in [0.1, 0.15) is 70.8 Å². The molecule has 3 N–H and O–H groups in total. The summed E-state index contributed by atoms with van der Waals surface area (Å²) in [6.45, 7) is 5.64. The first-order valence-electron chi connectivity index (χ1n) is 16.2. The molecule has 4 aromatic rings. The Morgan fingerprint density at radius 3 is 2.33 bits per heavy atom. The van der Waals surface area contributed by atoms with Crippen LogP contribution in [0.25, 0.3) is 22.5 Å². The van der Waals surface area contributed by atoms with Crippen molar-refractivity contribution in [2.75, 3.05) is 6.61 Å². The number of amides is 2. The maximum Gasteiger partial charge on any atom is 0.407 e. The highest BCUT2D eigenvalue weighted by Crippen LogP contribution is 2.48. The first-order chi connectivity index (χ1) is 24.4. The van der Waals surface area contributed by atoms with E-state index < -0.39 is 54.2 Å². The Balaban J connectivity index is 1.42. The number of guanidine groups is 1. The SMILES string of the molecule is C=C(C(C)(C)C)[C@]1(c2ccc(-c3cnn(C(F)F)c3)cc2)N=C(N)N([C@H](COC(=O)NC2(C)CC2)c2ccc(Cl)c(-c3ncn(C(F)F)n3)c2)C1=O. The second-order valence-corrected chi connectivity index (χ2v) is 14.4. The number of halogens is 5. The highest BCUT2D eigenvalue weighted by molar-refractivity contribution is 6.33. The average Bonchev–Trinajstić information content (AvgIpc) is 3.46. The summed E-state index contributed by atoms with van der Waals surface area (Å²) < 4.78 is 59.7. The fraction of sp³-hybridized carbons (Fsp3) is 0.371. The van der Waals surface area contributed by atoms with Crippen LogP contribution in [0.3, 0.4) is 0 Å². The van der Waals surface area contributed by atoms with Crippen LogP contribution < -0.4 is 11.1 Å². The quantitative estimate of drug-likeness (QED) is 0.122. The topological polar surface area (TPSA) is 146 Å². The van der Waals surface area contributed by atoms with Gasteiger partial charge in [-0.3, -0.25) is 9.69 Å². The summed E-state index contributed by atoms with van der Waals surface area (Å²) in [6, 6.07) is 10.1. The van der Waals surface area contributed by atoms with Crippen LogP contribution in [0.15, 0.2) is 78.3 Å². The van der Waals surface area contributed by atoms with Crippen molar-refractivity contribution < 1.29 is 31.9 Å². The molecular formula is C35H36ClF4N9O3. The van der Waals surface area contributed by atoms with Crippen molar-refractivity contribution in [1.82, 2.24) is 34.8 Å².